The maximum atomic E-state index is 13.4. The van der Waals surface area contributed by atoms with Crippen molar-refractivity contribution in [2.45, 2.75) is 69.4 Å². The van der Waals surface area contributed by atoms with Gasteiger partial charge in [0.1, 0.15) is 5.60 Å². The quantitative estimate of drug-likeness (QED) is 0.752. The minimum atomic E-state index is -0.688. The van der Waals surface area contributed by atoms with Gasteiger partial charge in [-0.15, -0.1) is 0 Å². The van der Waals surface area contributed by atoms with E-state index in [2.05, 4.69) is 38.3 Å². The number of nitrogens with zero attached hydrogens (tertiary/aromatic N) is 1. The van der Waals surface area contributed by atoms with Crippen LogP contribution in [0.25, 0.3) is 0 Å². The molecule has 2 N–H and O–H groups in total. The first-order valence-corrected chi connectivity index (χ1v) is 10.9. The number of ether oxygens (including phenoxy) is 1. The fourth-order valence-corrected chi connectivity index (χ4v) is 6.35. The smallest absolute Gasteiger partial charge is 0.234 e. The molecule has 1 spiro atoms. The first-order valence-electron chi connectivity index (χ1n) is 10.9. The summed E-state index contributed by atoms with van der Waals surface area (Å²) in [5.41, 5.74) is 0.0536. The average molecular weight is 410 g/mol. The molecule has 6 nitrogen and oxygen atoms in total. The first kappa shape index (κ1) is 19.8. The number of fused-ring (bicyclic) bond motifs is 1. The molecule has 6 heteroatoms. The van der Waals surface area contributed by atoms with E-state index in [0.717, 1.165) is 18.5 Å². The fraction of sp³-hybridized carbons (Fsp3) is 0.583. The zero-order valence-electron chi connectivity index (χ0n) is 18.1. The number of amides is 2. The monoisotopic (exact) mass is 409 g/mol. The molecule has 4 aliphatic rings. The minimum absolute atomic E-state index is 0.0147. The van der Waals surface area contributed by atoms with Gasteiger partial charge < -0.3 is 20.3 Å². The average Bonchev–Trinajstić information content (AvgIpc) is 3.28. The zero-order valence-corrected chi connectivity index (χ0v) is 18.1. The predicted molar refractivity (Wildman–Crippen MR) is 115 cm³/mol. The Balaban J connectivity index is 1.37. The van der Waals surface area contributed by atoms with E-state index in [4.69, 9.17) is 4.74 Å². The van der Waals surface area contributed by atoms with E-state index in [-0.39, 0.29) is 35.0 Å². The third kappa shape index (κ3) is 3.08. The number of para-hydroxylation sites is 1. The Labute approximate surface area is 178 Å². The van der Waals surface area contributed by atoms with Crippen LogP contribution in [0.1, 0.15) is 40.5 Å². The Morgan fingerprint density at radius 2 is 1.80 bits per heavy atom. The summed E-state index contributed by atoms with van der Waals surface area (Å²) in [5.74, 6) is -1.01. The zero-order chi connectivity index (χ0) is 21.3. The lowest BCUT2D eigenvalue weighted by Crippen LogP contribution is -2.62. The van der Waals surface area contributed by atoms with Crippen LogP contribution in [0.2, 0.25) is 0 Å². The van der Waals surface area contributed by atoms with Crippen LogP contribution in [-0.2, 0) is 14.3 Å². The molecule has 0 radical (unpaired) electrons. The molecule has 1 aromatic carbocycles. The highest BCUT2D eigenvalue weighted by Crippen LogP contribution is 2.52. The Morgan fingerprint density at radius 3 is 2.47 bits per heavy atom. The molecule has 160 valence electrons. The summed E-state index contributed by atoms with van der Waals surface area (Å²) in [4.78, 5) is 28.6. The third-order valence-corrected chi connectivity index (χ3v) is 7.01. The summed E-state index contributed by atoms with van der Waals surface area (Å²) in [6.07, 6.45) is 5.37. The van der Waals surface area contributed by atoms with Crippen molar-refractivity contribution >= 4 is 17.5 Å². The molecule has 5 rings (SSSR count). The van der Waals surface area contributed by atoms with Crippen LogP contribution in [0.15, 0.2) is 42.5 Å². The number of hydrogen-bond acceptors (Lipinski definition) is 4. The van der Waals surface area contributed by atoms with Gasteiger partial charge in [0.2, 0.25) is 11.8 Å². The minimum Gasteiger partial charge on any atom is -0.360 e. The Morgan fingerprint density at radius 1 is 1.13 bits per heavy atom. The summed E-state index contributed by atoms with van der Waals surface area (Å²) < 4.78 is 6.26. The standard InChI is InChI=1S/C24H31N3O3/c1-22(2)12-15(13-23(3,4)26-22)25-20(28)18-17-10-11-24(30-17)14-27(21(29)19(18)24)16-8-6-5-7-9-16/h5-11,15,17-19,26H,12-14H2,1-4H3,(H,25,28)/t17-,18?,19?,24-/m0/s1. The van der Waals surface area contributed by atoms with Crippen molar-refractivity contribution in [3.8, 4) is 0 Å². The molecule has 0 aromatic heterocycles. The van der Waals surface area contributed by atoms with Gasteiger partial charge in [0, 0.05) is 22.8 Å². The number of anilines is 1. The lowest BCUT2D eigenvalue weighted by atomic mass is 9.75. The van der Waals surface area contributed by atoms with Crippen LogP contribution in [-0.4, -0.2) is 47.2 Å². The topological polar surface area (TPSA) is 70.7 Å². The predicted octanol–water partition coefficient (Wildman–Crippen LogP) is 2.40. The molecular formula is C24H31N3O3. The third-order valence-electron chi connectivity index (χ3n) is 7.01. The fourth-order valence-electron chi connectivity index (χ4n) is 6.35. The van der Waals surface area contributed by atoms with Gasteiger partial charge in [0.05, 0.1) is 24.5 Å². The highest BCUT2D eigenvalue weighted by atomic mass is 16.5. The molecule has 1 aromatic rings. The lowest BCUT2D eigenvalue weighted by molar-refractivity contribution is -0.132. The van der Waals surface area contributed by atoms with Crippen LogP contribution in [0.4, 0.5) is 5.69 Å². The van der Waals surface area contributed by atoms with Crippen LogP contribution in [0.5, 0.6) is 0 Å². The van der Waals surface area contributed by atoms with Crippen molar-refractivity contribution in [3.63, 3.8) is 0 Å². The summed E-state index contributed by atoms with van der Waals surface area (Å²) in [6.45, 7) is 9.14. The number of carbonyl (C=O) groups excluding carboxylic acids is 2. The molecule has 4 atom stereocenters. The van der Waals surface area contributed by atoms with Crippen LogP contribution in [0, 0.1) is 11.8 Å². The van der Waals surface area contributed by atoms with Gasteiger partial charge in [-0.3, -0.25) is 9.59 Å². The summed E-state index contributed by atoms with van der Waals surface area (Å²) >= 11 is 0. The van der Waals surface area contributed by atoms with Gasteiger partial charge in [-0.05, 0) is 52.7 Å². The van der Waals surface area contributed by atoms with Crippen molar-refractivity contribution in [3.05, 3.63) is 42.5 Å². The van der Waals surface area contributed by atoms with Crippen LogP contribution < -0.4 is 15.5 Å². The molecule has 3 fully saturated rings. The molecule has 4 aliphatic heterocycles. The van der Waals surface area contributed by atoms with Gasteiger partial charge in [-0.1, -0.05) is 30.4 Å². The second kappa shape index (κ2) is 6.41. The van der Waals surface area contributed by atoms with E-state index in [1.165, 1.54) is 0 Å². The molecule has 0 saturated carbocycles. The number of benzene rings is 1. The Hall–Kier alpha value is -2.18. The molecule has 2 amide bonds. The Bertz CT molecular complexity index is 894. The Kier molecular flexibility index (Phi) is 4.22. The SMILES string of the molecule is CC1(C)CC(NC(=O)C2C3C(=O)N(c4ccccc4)C[C@@]34C=C[C@@H]2O4)CC(C)(C)N1. The normalized spacial score (nSPS) is 36.2. The molecule has 2 unspecified atom stereocenters. The van der Waals surface area contributed by atoms with E-state index < -0.39 is 17.4 Å². The van der Waals surface area contributed by atoms with E-state index in [1.54, 1.807) is 4.90 Å². The summed E-state index contributed by atoms with van der Waals surface area (Å²) in [5, 5.41) is 6.93. The molecule has 0 aliphatic carbocycles. The van der Waals surface area contributed by atoms with Crippen molar-refractivity contribution in [1.82, 2.24) is 10.6 Å². The van der Waals surface area contributed by atoms with E-state index in [0.29, 0.717) is 6.54 Å². The van der Waals surface area contributed by atoms with Crippen molar-refractivity contribution < 1.29 is 14.3 Å². The van der Waals surface area contributed by atoms with E-state index in [1.807, 2.05) is 42.5 Å². The van der Waals surface area contributed by atoms with Crippen molar-refractivity contribution in [1.29, 1.82) is 0 Å². The lowest BCUT2D eigenvalue weighted by Gasteiger charge is -2.47. The highest BCUT2D eigenvalue weighted by molar-refractivity contribution is 6.03. The van der Waals surface area contributed by atoms with Crippen molar-refractivity contribution in [2.24, 2.45) is 11.8 Å². The van der Waals surface area contributed by atoms with E-state index >= 15 is 0 Å². The van der Waals surface area contributed by atoms with Gasteiger partial charge in [0.25, 0.3) is 0 Å². The maximum absolute atomic E-state index is 13.4. The number of piperidine rings is 1. The number of rotatable bonds is 3. The van der Waals surface area contributed by atoms with Gasteiger partial charge >= 0.3 is 0 Å². The summed E-state index contributed by atoms with van der Waals surface area (Å²) in [6, 6.07) is 9.72. The molecule has 4 heterocycles. The van der Waals surface area contributed by atoms with Crippen LogP contribution in [0.3, 0.4) is 0 Å². The second-order valence-corrected chi connectivity index (χ2v) is 10.7. The highest BCUT2D eigenvalue weighted by Gasteiger charge is 2.67. The summed E-state index contributed by atoms with van der Waals surface area (Å²) in [7, 11) is 0. The van der Waals surface area contributed by atoms with E-state index in [9.17, 15) is 9.59 Å². The largest absolute Gasteiger partial charge is 0.360 e. The second-order valence-electron chi connectivity index (χ2n) is 10.7. The number of nitrogens with one attached hydrogen (secondary N) is 2. The van der Waals surface area contributed by atoms with Gasteiger partial charge in [-0.25, -0.2) is 0 Å². The number of hydrogen-bond donors (Lipinski definition) is 2. The van der Waals surface area contributed by atoms with Gasteiger partial charge in [-0.2, -0.15) is 0 Å². The molecule has 3 saturated heterocycles. The van der Waals surface area contributed by atoms with Gasteiger partial charge in [0.15, 0.2) is 0 Å². The van der Waals surface area contributed by atoms with Crippen LogP contribution >= 0.6 is 0 Å². The van der Waals surface area contributed by atoms with Crippen molar-refractivity contribution in [2.75, 3.05) is 11.4 Å². The molecule has 2 bridgehead atoms. The molecular weight excluding hydrogens is 378 g/mol. The number of carbonyl (C=O) groups is 2. The maximum Gasteiger partial charge on any atom is 0.234 e. The first-order chi connectivity index (χ1) is 14.1. The molecule has 30 heavy (non-hydrogen) atoms.